The Balaban J connectivity index is 2.11. The number of allylic oxidation sites excluding steroid dienone is 2. The van der Waals surface area contributed by atoms with E-state index in [9.17, 15) is 4.79 Å². The third-order valence-corrected chi connectivity index (χ3v) is 3.10. The van der Waals surface area contributed by atoms with Crippen LogP contribution in [0, 0.1) is 5.92 Å². The number of rotatable bonds is 3. The molecule has 2 heteroatoms. The third kappa shape index (κ3) is 2.76. The molecule has 1 saturated carbocycles. The van der Waals surface area contributed by atoms with Gasteiger partial charge in [-0.25, -0.2) is 0 Å². The van der Waals surface area contributed by atoms with Crippen LogP contribution in [0.1, 0.15) is 38.7 Å². The normalized spacial score (nSPS) is 21.8. The van der Waals surface area contributed by atoms with Crippen molar-refractivity contribution in [3.05, 3.63) is 47.2 Å². The van der Waals surface area contributed by atoms with Gasteiger partial charge in [0.1, 0.15) is 5.76 Å². The van der Waals surface area contributed by atoms with E-state index in [4.69, 9.17) is 4.74 Å². The minimum absolute atomic E-state index is 0.222. The Bertz CT molecular complexity index is 441. The van der Waals surface area contributed by atoms with Crippen LogP contribution in [0.5, 0.6) is 0 Å². The molecule has 0 radical (unpaired) electrons. The van der Waals surface area contributed by atoms with Gasteiger partial charge < -0.3 is 4.74 Å². The van der Waals surface area contributed by atoms with Gasteiger partial charge >= 0.3 is 5.97 Å². The van der Waals surface area contributed by atoms with E-state index in [2.05, 4.69) is 24.3 Å². The summed E-state index contributed by atoms with van der Waals surface area (Å²) in [6.45, 7) is 5.46. The fourth-order valence-electron chi connectivity index (χ4n) is 2.26. The van der Waals surface area contributed by atoms with Gasteiger partial charge in [-0.05, 0) is 37.3 Å². The number of benzene rings is 1. The highest BCUT2D eigenvalue weighted by Crippen LogP contribution is 2.52. The summed E-state index contributed by atoms with van der Waals surface area (Å²) in [5, 5.41) is 0. The summed E-state index contributed by atoms with van der Waals surface area (Å²) in [7, 11) is 0. The molecule has 2 atom stereocenters. The zero-order chi connectivity index (χ0) is 12.4. The minimum atomic E-state index is -0.222. The summed E-state index contributed by atoms with van der Waals surface area (Å²) in [5.74, 6) is 1.54. The molecule has 0 saturated heterocycles. The van der Waals surface area contributed by atoms with Crippen LogP contribution in [-0.4, -0.2) is 5.97 Å². The van der Waals surface area contributed by atoms with Gasteiger partial charge in [-0.2, -0.15) is 0 Å². The molecule has 0 amide bonds. The number of ether oxygens (including phenoxy) is 1. The molecule has 1 aromatic rings. The fraction of sp³-hybridized carbons (Fsp3) is 0.400. The first-order chi connectivity index (χ1) is 8.09. The highest BCUT2D eigenvalue weighted by Gasteiger charge is 2.43. The van der Waals surface area contributed by atoms with Crippen molar-refractivity contribution >= 4 is 5.97 Å². The maximum Gasteiger partial charge on any atom is 0.307 e. The van der Waals surface area contributed by atoms with Gasteiger partial charge in [0.05, 0.1) is 0 Å². The van der Waals surface area contributed by atoms with Crippen LogP contribution in [0.4, 0.5) is 0 Å². The van der Waals surface area contributed by atoms with Crippen molar-refractivity contribution < 1.29 is 9.53 Å². The van der Waals surface area contributed by atoms with Gasteiger partial charge in [0.15, 0.2) is 0 Å². The molecular formula is C15H18O2. The summed E-state index contributed by atoms with van der Waals surface area (Å²) in [4.78, 5) is 11.1. The maximum absolute atomic E-state index is 11.1. The minimum Gasteiger partial charge on any atom is -0.431 e. The van der Waals surface area contributed by atoms with Gasteiger partial charge in [-0.3, -0.25) is 4.79 Å². The van der Waals surface area contributed by atoms with Gasteiger partial charge in [0.25, 0.3) is 0 Å². The molecule has 0 aromatic heterocycles. The number of hydrogen-bond donors (Lipinski definition) is 0. The Labute approximate surface area is 102 Å². The fourth-order valence-corrected chi connectivity index (χ4v) is 2.26. The van der Waals surface area contributed by atoms with E-state index in [1.807, 2.05) is 19.9 Å². The second-order valence-electron chi connectivity index (χ2n) is 4.82. The van der Waals surface area contributed by atoms with Crippen molar-refractivity contribution in [1.82, 2.24) is 0 Å². The Kier molecular flexibility index (Phi) is 3.32. The van der Waals surface area contributed by atoms with Crippen LogP contribution in [0.2, 0.25) is 0 Å². The Morgan fingerprint density at radius 2 is 1.82 bits per heavy atom. The van der Waals surface area contributed by atoms with Crippen LogP contribution in [0.15, 0.2) is 41.7 Å². The van der Waals surface area contributed by atoms with Crippen LogP contribution in [-0.2, 0) is 9.53 Å². The van der Waals surface area contributed by atoms with Crippen molar-refractivity contribution in [2.75, 3.05) is 0 Å². The van der Waals surface area contributed by atoms with Crippen LogP contribution in [0.3, 0.4) is 0 Å². The van der Waals surface area contributed by atoms with Gasteiger partial charge in [0.2, 0.25) is 0 Å². The molecule has 0 N–H and O–H groups in total. The first-order valence-electron chi connectivity index (χ1n) is 6.00. The summed E-state index contributed by atoms with van der Waals surface area (Å²) in [6, 6.07) is 10.4. The second-order valence-corrected chi connectivity index (χ2v) is 4.82. The quantitative estimate of drug-likeness (QED) is 0.585. The Morgan fingerprint density at radius 1 is 1.18 bits per heavy atom. The molecule has 0 unspecified atom stereocenters. The number of carbonyl (C=O) groups is 1. The van der Waals surface area contributed by atoms with Crippen molar-refractivity contribution in [3.63, 3.8) is 0 Å². The van der Waals surface area contributed by atoms with Crippen molar-refractivity contribution in [1.29, 1.82) is 0 Å². The first-order valence-corrected chi connectivity index (χ1v) is 6.00. The second kappa shape index (κ2) is 4.74. The van der Waals surface area contributed by atoms with Crippen molar-refractivity contribution in [2.45, 2.75) is 33.1 Å². The van der Waals surface area contributed by atoms with E-state index in [1.165, 1.54) is 12.5 Å². The predicted octanol–water partition coefficient (Wildman–Crippen LogP) is 3.65. The standard InChI is InChI=1S/C15H18O2/c1-10(2)15(17-11(3)16)14-9-13(14)12-7-5-4-6-8-12/h4-8,13-14H,9H2,1-3H3/t13-,14+/m0/s1. The smallest absolute Gasteiger partial charge is 0.307 e. The average Bonchev–Trinajstić information content (AvgIpc) is 3.06. The maximum atomic E-state index is 11.1. The number of hydrogen-bond acceptors (Lipinski definition) is 2. The van der Waals surface area contributed by atoms with E-state index in [1.54, 1.807) is 0 Å². The SMILES string of the molecule is CC(=O)OC(=C(C)C)[C@@H]1C[C@H]1c1ccccc1. The lowest BCUT2D eigenvalue weighted by molar-refractivity contribution is -0.137. The average molecular weight is 230 g/mol. The molecule has 0 bridgehead atoms. The van der Waals surface area contributed by atoms with Gasteiger partial charge in [0, 0.05) is 12.8 Å². The summed E-state index contributed by atoms with van der Waals surface area (Å²) < 4.78 is 5.33. The molecule has 1 aliphatic carbocycles. The molecule has 1 fully saturated rings. The molecule has 0 spiro atoms. The molecule has 90 valence electrons. The number of esters is 1. The number of carbonyl (C=O) groups excluding carboxylic acids is 1. The highest BCUT2D eigenvalue weighted by atomic mass is 16.5. The lowest BCUT2D eigenvalue weighted by Gasteiger charge is -2.09. The zero-order valence-electron chi connectivity index (χ0n) is 10.6. The predicted molar refractivity (Wildman–Crippen MR) is 67.4 cm³/mol. The van der Waals surface area contributed by atoms with E-state index >= 15 is 0 Å². The van der Waals surface area contributed by atoms with Crippen molar-refractivity contribution in [2.24, 2.45) is 5.92 Å². The van der Waals surface area contributed by atoms with Crippen molar-refractivity contribution in [3.8, 4) is 0 Å². The summed E-state index contributed by atoms with van der Waals surface area (Å²) in [6.07, 6.45) is 1.08. The molecule has 1 aromatic carbocycles. The topological polar surface area (TPSA) is 26.3 Å². The van der Waals surface area contributed by atoms with Crippen LogP contribution < -0.4 is 0 Å². The highest BCUT2D eigenvalue weighted by molar-refractivity contribution is 5.67. The van der Waals surface area contributed by atoms with Gasteiger partial charge in [-0.15, -0.1) is 0 Å². The van der Waals surface area contributed by atoms with E-state index in [-0.39, 0.29) is 5.97 Å². The van der Waals surface area contributed by atoms with E-state index in [0.717, 1.165) is 17.8 Å². The first kappa shape index (κ1) is 11.9. The van der Waals surface area contributed by atoms with Crippen LogP contribution >= 0.6 is 0 Å². The molecule has 0 aliphatic heterocycles. The van der Waals surface area contributed by atoms with Crippen LogP contribution in [0.25, 0.3) is 0 Å². The molecule has 0 heterocycles. The Morgan fingerprint density at radius 3 is 2.35 bits per heavy atom. The molecule has 17 heavy (non-hydrogen) atoms. The molecule has 1 aliphatic rings. The lowest BCUT2D eigenvalue weighted by Crippen LogP contribution is -2.03. The summed E-state index contributed by atoms with van der Waals surface area (Å²) in [5.41, 5.74) is 2.44. The monoisotopic (exact) mass is 230 g/mol. The lowest BCUT2D eigenvalue weighted by atomic mass is 10.1. The molecular weight excluding hydrogens is 212 g/mol. The largest absolute Gasteiger partial charge is 0.431 e. The third-order valence-electron chi connectivity index (χ3n) is 3.10. The molecule has 2 rings (SSSR count). The van der Waals surface area contributed by atoms with E-state index in [0.29, 0.717) is 11.8 Å². The zero-order valence-corrected chi connectivity index (χ0v) is 10.6. The Hall–Kier alpha value is -1.57. The summed E-state index contributed by atoms with van der Waals surface area (Å²) >= 11 is 0. The van der Waals surface area contributed by atoms with Gasteiger partial charge in [-0.1, -0.05) is 30.3 Å². The molecule has 2 nitrogen and oxygen atoms in total. The van der Waals surface area contributed by atoms with E-state index < -0.39 is 0 Å².